The third kappa shape index (κ3) is 3.70. The van der Waals surface area contributed by atoms with Crippen LogP contribution in [-0.4, -0.2) is 28.0 Å². The fraction of sp³-hybridized carbons (Fsp3) is 0.308. The maximum Gasteiger partial charge on any atom is 0.148 e. The van der Waals surface area contributed by atoms with Crippen molar-refractivity contribution in [1.82, 2.24) is 15.2 Å². The van der Waals surface area contributed by atoms with Crippen LogP contribution in [0, 0.1) is 6.92 Å². The number of thioether (sulfide) groups is 1. The minimum atomic E-state index is 0.813. The molecule has 2 aromatic heterocycles. The van der Waals surface area contributed by atoms with Gasteiger partial charge in [0.15, 0.2) is 0 Å². The minimum Gasteiger partial charge on any atom is -0.368 e. The molecule has 0 radical (unpaired) electrons. The highest BCUT2D eigenvalue weighted by atomic mass is 32.2. The van der Waals surface area contributed by atoms with E-state index < -0.39 is 0 Å². The first-order chi connectivity index (χ1) is 8.78. The first-order valence-corrected chi connectivity index (χ1v) is 7.03. The lowest BCUT2D eigenvalue weighted by Crippen LogP contribution is -2.07. The Balaban J connectivity index is 1.82. The summed E-state index contributed by atoms with van der Waals surface area (Å²) in [4.78, 5) is 4.27. The number of pyridine rings is 1. The summed E-state index contributed by atoms with van der Waals surface area (Å²) in [7, 11) is 0. The molecule has 2 aromatic rings. The Morgan fingerprint density at radius 1 is 1.17 bits per heavy atom. The van der Waals surface area contributed by atoms with Crippen molar-refractivity contribution in [1.29, 1.82) is 0 Å². The molecule has 2 heterocycles. The van der Waals surface area contributed by atoms with E-state index in [4.69, 9.17) is 0 Å². The van der Waals surface area contributed by atoms with Crippen LogP contribution in [0.15, 0.2) is 35.5 Å². The van der Waals surface area contributed by atoms with Gasteiger partial charge in [0.05, 0.1) is 0 Å². The van der Waals surface area contributed by atoms with Crippen molar-refractivity contribution in [3.8, 4) is 0 Å². The third-order valence-corrected chi connectivity index (χ3v) is 3.18. The Labute approximate surface area is 111 Å². The molecule has 2 rings (SSSR count). The summed E-state index contributed by atoms with van der Waals surface area (Å²) in [6.45, 7) is 2.82. The predicted molar refractivity (Wildman–Crippen MR) is 75.0 cm³/mol. The second kappa shape index (κ2) is 6.35. The van der Waals surface area contributed by atoms with Gasteiger partial charge in [-0.15, -0.1) is 22.0 Å². The van der Waals surface area contributed by atoms with Crippen molar-refractivity contribution in [3.63, 3.8) is 0 Å². The average Bonchev–Trinajstić information content (AvgIpc) is 2.42. The van der Waals surface area contributed by atoms with Gasteiger partial charge in [-0.25, -0.2) is 0 Å². The fourth-order valence-corrected chi connectivity index (χ4v) is 1.83. The summed E-state index contributed by atoms with van der Waals surface area (Å²) in [5.74, 6) is 0.813. The molecular weight excluding hydrogens is 244 g/mol. The highest BCUT2D eigenvalue weighted by Gasteiger charge is 1.97. The summed E-state index contributed by atoms with van der Waals surface area (Å²) < 4.78 is 0. The van der Waals surface area contributed by atoms with Gasteiger partial charge in [0.2, 0.25) is 0 Å². The van der Waals surface area contributed by atoms with E-state index in [0.29, 0.717) is 0 Å². The van der Waals surface area contributed by atoms with Crippen molar-refractivity contribution >= 4 is 17.6 Å². The Morgan fingerprint density at radius 3 is 2.67 bits per heavy atom. The highest BCUT2D eigenvalue weighted by molar-refractivity contribution is 7.98. The van der Waals surface area contributed by atoms with Crippen molar-refractivity contribution < 1.29 is 0 Å². The van der Waals surface area contributed by atoms with E-state index in [1.165, 1.54) is 5.56 Å². The van der Waals surface area contributed by atoms with E-state index in [-0.39, 0.29) is 0 Å². The van der Waals surface area contributed by atoms with Crippen LogP contribution in [0.1, 0.15) is 11.3 Å². The molecule has 94 valence electrons. The van der Waals surface area contributed by atoms with Crippen molar-refractivity contribution in [3.05, 3.63) is 41.7 Å². The van der Waals surface area contributed by atoms with Gasteiger partial charge in [-0.2, -0.15) is 0 Å². The number of anilines is 1. The molecule has 5 heteroatoms. The topological polar surface area (TPSA) is 50.7 Å². The first kappa shape index (κ1) is 12.8. The molecule has 0 spiro atoms. The monoisotopic (exact) mass is 260 g/mol. The van der Waals surface area contributed by atoms with Crippen LogP contribution in [-0.2, 0) is 6.42 Å². The van der Waals surface area contributed by atoms with E-state index in [2.05, 4.69) is 26.6 Å². The molecule has 0 saturated carbocycles. The molecule has 1 N–H and O–H groups in total. The quantitative estimate of drug-likeness (QED) is 0.837. The molecule has 4 nitrogen and oxygen atoms in total. The number of aromatic nitrogens is 3. The molecule has 0 aliphatic heterocycles. The summed E-state index contributed by atoms with van der Waals surface area (Å²) in [5.41, 5.74) is 2.27. The fourth-order valence-electron chi connectivity index (χ4n) is 1.50. The smallest absolute Gasteiger partial charge is 0.148 e. The first-order valence-electron chi connectivity index (χ1n) is 5.81. The zero-order valence-electron chi connectivity index (χ0n) is 10.6. The number of rotatable bonds is 5. The largest absolute Gasteiger partial charge is 0.368 e. The van der Waals surface area contributed by atoms with Gasteiger partial charge in [-0.05, 0) is 43.4 Å². The van der Waals surface area contributed by atoms with E-state index in [1.54, 1.807) is 11.8 Å². The lowest BCUT2D eigenvalue weighted by molar-refractivity contribution is 0.909. The van der Waals surface area contributed by atoms with Crippen LogP contribution in [0.25, 0.3) is 0 Å². The number of nitrogens with one attached hydrogen (secondary N) is 1. The molecule has 0 saturated heterocycles. The molecular formula is C13H16N4S. The van der Waals surface area contributed by atoms with Gasteiger partial charge in [-0.3, -0.25) is 4.98 Å². The second-order valence-electron chi connectivity index (χ2n) is 3.95. The van der Waals surface area contributed by atoms with Crippen LogP contribution >= 0.6 is 11.8 Å². The molecule has 0 bridgehead atoms. The molecule has 0 atom stereocenters. The normalized spacial score (nSPS) is 10.3. The number of hydrogen-bond donors (Lipinski definition) is 1. The number of hydrogen-bond acceptors (Lipinski definition) is 5. The average molecular weight is 260 g/mol. The van der Waals surface area contributed by atoms with Gasteiger partial charge in [-0.1, -0.05) is 6.07 Å². The van der Waals surface area contributed by atoms with Gasteiger partial charge >= 0.3 is 0 Å². The molecule has 0 fully saturated rings. The van der Waals surface area contributed by atoms with Gasteiger partial charge in [0.25, 0.3) is 0 Å². The number of aryl methyl sites for hydroxylation is 1. The van der Waals surface area contributed by atoms with E-state index >= 15 is 0 Å². The Bertz CT molecular complexity index is 481. The maximum absolute atomic E-state index is 4.27. The van der Waals surface area contributed by atoms with E-state index in [0.717, 1.165) is 29.5 Å². The molecule has 0 unspecified atom stereocenters. The third-order valence-electron chi connectivity index (χ3n) is 2.54. The van der Waals surface area contributed by atoms with Crippen molar-refractivity contribution in [2.75, 3.05) is 18.1 Å². The SMILES string of the molecule is CSc1ccc(NCCc2ccc(C)nc2)nn1. The molecule has 18 heavy (non-hydrogen) atoms. The van der Waals surface area contributed by atoms with E-state index in [1.807, 2.05) is 37.6 Å². The Kier molecular flexibility index (Phi) is 4.52. The molecule has 0 aromatic carbocycles. The van der Waals surface area contributed by atoms with E-state index in [9.17, 15) is 0 Å². The number of nitrogens with zero attached hydrogens (tertiary/aromatic N) is 3. The van der Waals surface area contributed by atoms with Crippen molar-refractivity contribution in [2.24, 2.45) is 0 Å². The van der Waals surface area contributed by atoms with Crippen LogP contribution in [0.5, 0.6) is 0 Å². The van der Waals surface area contributed by atoms with Crippen LogP contribution in [0.3, 0.4) is 0 Å². The lowest BCUT2D eigenvalue weighted by atomic mass is 10.2. The van der Waals surface area contributed by atoms with Crippen LogP contribution in [0.4, 0.5) is 5.82 Å². The summed E-state index contributed by atoms with van der Waals surface area (Å²) in [6, 6.07) is 8.05. The molecule has 0 amide bonds. The summed E-state index contributed by atoms with van der Waals surface area (Å²) >= 11 is 1.59. The summed E-state index contributed by atoms with van der Waals surface area (Å²) in [5, 5.41) is 12.4. The molecule has 0 aliphatic carbocycles. The van der Waals surface area contributed by atoms with Gasteiger partial charge in [0, 0.05) is 18.4 Å². The zero-order chi connectivity index (χ0) is 12.8. The lowest BCUT2D eigenvalue weighted by Gasteiger charge is -2.05. The van der Waals surface area contributed by atoms with Crippen molar-refractivity contribution in [2.45, 2.75) is 18.4 Å². The van der Waals surface area contributed by atoms with Crippen LogP contribution in [0.2, 0.25) is 0 Å². The maximum atomic E-state index is 4.27. The predicted octanol–water partition coefficient (Wildman–Crippen LogP) is 2.56. The minimum absolute atomic E-state index is 0.813. The van der Waals surface area contributed by atoms with Gasteiger partial charge < -0.3 is 5.32 Å². The van der Waals surface area contributed by atoms with Gasteiger partial charge in [0.1, 0.15) is 10.8 Å². The standard InChI is InChI=1S/C13H16N4S/c1-10-3-4-11(9-15-10)7-8-14-12-5-6-13(18-2)17-16-12/h3-6,9H,7-8H2,1-2H3,(H,14,16). The second-order valence-corrected chi connectivity index (χ2v) is 4.77. The Morgan fingerprint density at radius 2 is 2.06 bits per heavy atom. The molecule has 0 aliphatic rings. The van der Waals surface area contributed by atoms with Crippen LogP contribution < -0.4 is 5.32 Å². The summed E-state index contributed by atoms with van der Waals surface area (Å²) in [6.07, 6.45) is 4.83. The highest BCUT2D eigenvalue weighted by Crippen LogP contribution is 2.11. The zero-order valence-corrected chi connectivity index (χ0v) is 11.4. The Hall–Kier alpha value is -1.62.